The number of benzene rings is 1. The van der Waals surface area contributed by atoms with Crippen molar-refractivity contribution in [1.82, 2.24) is 25.1 Å². The highest BCUT2D eigenvalue weighted by atomic mass is 19.4. The van der Waals surface area contributed by atoms with Crippen LogP contribution in [0.4, 0.5) is 26.3 Å². The number of pyridine rings is 1. The monoisotopic (exact) mass is 524 g/mol. The third kappa shape index (κ3) is 5.99. The van der Waals surface area contributed by atoms with E-state index in [9.17, 15) is 36.4 Å². The van der Waals surface area contributed by atoms with E-state index in [0.717, 1.165) is 18.3 Å². The molecule has 1 saturated carbocycles. The maximum atomic E-state index is 13.4. The molecule has 1 aliphatic rings. The molecule has 37 heavy (non-hydrogen) atoms. The largest absolute Gasteiger partial charge is 0.483 e. The summed E-state index contributed by atoms with van der Waals surface area (Å²) < 4.78 is 82.9. The van der Waals surface area contributed by atoms with E-state index in [4.69, 9.17) is 0 Å². The molecule has 0 radical (unpaired) electrons. The summed E-state index contributed by atoms with van der Waals surface area (Å²) in [7, 11) is 0. The first-order valence-corrected chi connectivity index (χ1v) is 10.8. The fourth-order valence-corrected chi connectivity index (χ4v) is 3.48. The van der Waals surface area contributed by atoms with Crippen molar-refractivity contribution in [1.29, 1.82) is 5.26 Å². The van der Waals surface area contributed by atoms with Crippen LogP contribution in [0.25, 0.3) is 5.82 Å². The van der Waals surface area contributed by atoms with Crippen LogP contribution in [0.1, 0.15) is 53.1 Å². The third-order valence-corrected chi connectivity index (χ3v) is 5.64. The predicted molar refractivity (Wildman–Crippen MR) is 115 cm³/mol. The first-order chi connectivity index (χ1) is 17.3. The lowest BCUT2D eigenvalue weighted by molar-refractivity contribution is -0.153. The maximum Gasteiger partial charge on any atom is 0.422 e. The standard InChI is InChI=1S/C23H18F6N6O2/c1-13(19-32-12-35(34-19)18-3-2-17(9-31-18)37-11-22(24,25)26)33-20(36)14-6-15(21(10-30)4-5-21)8-16(7-14)23(27,28)29/h2-3,6-9,12-13H,4-5,11H2,1H3,(H,33,36). The summed E-state index contributed by atoms with van der Waals surface area (Å²) >= 11 is 0. The van der Waals surface area contributed by atoms with Gasteiger partial charge in [0.1, 0.15) is 12.1 Å². The zero-order chi connectivity index (χ0) is 27.0. The number of nitrogens with one attached hydrogen (secondary N) is 1. The molecular formula is C23H18F6N6O2. The number of hydrogen-bond donors (Lipinski definition) is 1. The molecule has 3 aromatic rings. The Morgan fingerprint density at radius 1 is 1.19 bits per heavy atom. The average molecular weight is 524 g/mol. The Hall–Kier alpha value is -4.15. The normalized spacial score (nSPS) is 15.5. The highest BCUT2D eigenvalue weighted by Gasteiger charge is 2.46. The number of carbonyl (C=O) groups excluding carboxylic acids is 1. The molecule has 1 aliphatic carbocycles. The van der Waals surface area contributed by atoms with Gasteiger partial charge >= 0.3 is 12.4 Å². The van der Waals surface area contributed by atoms with Crippen LogP contribution >= 0.6 is 0 Å². The Labute approximate surface area is 205 Å². The molecule has 1 fully saturated rings. The molecule has 14 heteroatoms. The number of alkyl halides is 6. The lowest BCUT2D eigenvalue weighted by Crippen LogP contribution is -2.28. The summed E-state index contributed by atoms with van der Waals surface area (Å²) in [5, 5.41) is 16.1. The minimum absolute atomic E-state index is 0.105. The number of nitrogens with zero attached hydrogens (tertiary/aromatic N) is 5. The Morgan fingerprint density at radius 2 is 1.92 bits per heavy atom. The van der Waals surface area contributed by atoms with Crippen LogP contribution in [0.5, 0.6) is 5.75 Å². The Bertz CT molecular complexity index is 1340. The zero-order valence-electron chi connectivity index (χ0n) is 19.1. The molecule has 1 unspecified atom stereocenters. The van der Waals surface area contributed by atoms with Crippen LogP contribution in [0, 0.1) is 11.3 Å². The number of rotatable bonds is 7. The van der Waals surface area contributed by atoms with Crippen molar-refractivity contribution in [2.24, 2.45) is 0 Å². The number of carbonyl (C=O) groups is 1. The van der Waals surface area contributed by atoms with Crippen LogP contribution in [0.15, 0.2) is 42.9 Å². The van der Waals surface area contributed by atoms with Gasteiger partial charge in [-0.3, -0.25) is 4.79 Å². The van der Waals surface area contributed by atoms with Crippen molar-refractivity contribution in [2.75, 3.05) is 6.61 Å². The molecule has 0 aliphatic heterocycles. The summed E-state index contributed by atoms with van der Waals surface area (Å²) in [6.07, 6.45) is -6.05. The second-order valence-electron chi connectivity index (χ2n) is 8.49. The minimum Gasteiger partial charge on any atom is -0.483 e. The Balaban J connectivity index is 1.48. The van der Waals surface area contributed by atoms with E-state index in [0.29, 0.717) is 12.8 Å². The molecule has 194 valence electrons. The van der Waals surface area contributed by atoms with Gasteiger partial charge in [-0.05, 0) is 55.7 Å². The minimum atomic E-state index is -4.71. The van der Waals surface area contributed by atoms with E-state index in [1.54, 1.807) is 0 Å². The first-order valence-electron chi connectivity index (χ1n) is 10.8. The number of halogens is 6. The zero-order valence-corrected chi connectivity index (χ0v) is 19.1. The summed E-state index contributed by atoms with van der Waals surface area (Å²) in [5.74, 6) is -0.609. The van der Waals surface area contributed by atoms with E-state index < -0.39 is 41.9 Å². The number of aromatic nitrogens is 4. The Morgan fingerprint density at radius 3 is 2.49 bits per heavy atom. The number of ether oxygens (including phenoxy) is 1. The first kappa shape index (κ1) is 25.9. The van der Waals surface area contributed by atoms with Gasteiger partial charge in [0, 0.05) is 5.56 Å². The SMILES string of the molecule is CC(NC(=O)c1cc(C(F)(F)F)cc(C2(C#N)CC2)c1)c1ncn(-c2ccc(OCC(F)(F)F)cn2)n1. The van der Waals surface area contributed by atoms with Crippen LogP contribution in [0.3, 0.4) is 0 Å². The summed E-state index contributed by atoms with van der Waals surface area (Å²) in [5.41, 5.74) is -2.17. The lowest BCUT2D eigenvalue weighted by atomic mass is 9.93. The smallest absolute Gasteiger partial charge is 0.422 e. The lowest BCUT2D eigenvalue weighted by Gasteiger charge is -2.16. The maximum absolute atomic E-state index is 13.4. The number of amides is 1. The molecule has 0 bridgehead atoms. The van der Waals surface area contributed by atoms with Crippen molar-refractivity contribution in [3.8, 4) is 17.6 Å². The molecule has 0 saturated heterocycles. The van der Waals surface area contributed by atoms with E-state index in [2.05, 4.69) is 25.1 Å². The van der Waals surface area contributed by atoms with Crippen molar-refractivity contribution >= 4 is 5.91 Å². The van der Waals surface area contributed by atoms with Gasteiger partial charge in [0.15, 0.2) is 18.2 Å². The molecule has 1 atom stereocenters. The van der Waals surface area contributed by atoms with Gasteiger partial charge in [0.2, 0.25) is 0 Å². The van der Waals surface area contributed by atoms with Gasteiger partial charge in [-0.25, -0.2) is 14.6 Å². The summed E-state index contributed by atoms with van der Waals surface area (Å²) in [4.78, 5) is 20.8. The van der Waals surface area contributed by atoms with Gasteiger partial charge in [-0.15, -0.1) is 5.10 Å². The van der Waals surface area contributed by atoms with Gasteiger partial charge < -0.3 is 10.1 Å². The number of nitriles is 1. The Kier molecular flexibility index (Phi) is 6.57. The molecule has 1 N–H and O–H groups in total. The molecule has 1 amide bonds. The predicted octanol–water partition coefficient (Wildman–Crippen LogP) is 4.67. The molecule has 0 spiro atoms. The molecular weight excluding hydrogens is 506 g/mol. The quantitative estimate of drug-likeness (QED) is 0.451. The summed E-state index contributed by atoms with van der Waals surface area (Å²) in [6.45, 7) is 0.0504. The second kappa shape index (κ2) is 9.38. The van der Waals surface area contributed by atoms with E-state index in [1.807, 2.05) is 6.07 Å². The van der Waals surface area contributed by atoms with Crippen molar-refractivity contribution in [2.45, 2.75) is 43.6 Å². The van der Waals surface area contributed by atoms with E-state index in [1.165, 1.54) is 36.1 Å². The van der Waals surface area contributed by atoms with Crippen LogP contribution < -0.4 is 10.1 Å². The molecule has 2 aromatic heterocycles. The number of hydrogen-bond acceptors (Lipinski definition) is 6. The highest BCUT2D eigenvalue weighted by Crippen LogP contribution is 2.48. The van der Waals surface area contributed by atoms with Gasteiger partial charge in [0.05, 0.1) is 29.3 Å². The van der Waals surface area contributed by atoms with Crippen molar-refractivity contribution in [3.05, 3.63) is 65.4 Å². The third-order valence-electron chi connectivity index (χ3n) is 5.64. The van der Waals surface area contributed by atoms with Crippen LogP contribution in [-0.2, 0) is 11.6 Å². The molecule has 4 rings (SSSR count). The average Bonchev–Trinajstić information content (AvgIpc) is 3.49. The van der Waals surface area contributed by atoms with Crippen molar-refractivity contribution < 1.29 is 35.9 Å². The topological polar surface area (TPSA) is 106 Å². The molecule has 2 heterocycles. The fraction of sp³-hybridized carbons (Fsp3) is 0.348. The molecule has 8 nitrogen and oxygen atoms in total. The van der Waals surface area contributed by atoms with Crippen LogP contribution in [0.2, 0.25) is 0 Å². The summed E-state index contributed by atoms with van der Waals surface area (Å²) in [6, 6.07) is 6.71. The van der Waals surface area contributed by atoms with E-state index in [-0.39, 0.29) is 28.5 Å². The van der Waals surface area contributed by atoms with Gasteiger partial charge in [-0.2, -0.15) is 31.6 Å². The fourth-order valence-electron chi connectivity index (χ4n) is 3.48. The highest BCUT2D eigenvalue weighted by molar-refractivity contribution is 5.95. The second-order valence-corrected chi connectivity index (χ2v) is 8.49. The van der Waals surface area contributed by atoms with Crippen molar-refractivity contribution in [3.63, 3.8) is 0 Å². The van der Waals surface area contributed by atoms with E-state index >= 15 is 0 Å². The van der Waals surface area contributed by atoms with Gasteiger partial charge in [-0.1, -0.05) is 0 Å². The van der Waals surface area contributed by atoms with Gasteiger partial charge in [0.25, 0.3) is 5.91 Å². The molecule has 1 aromatic carbocycles. The van der Waals surface area contributed by atoms with Crippen LogP contribution in [-0.4, -0.2) is 38.4 Å².